The summed E-state index contributed by atoms with van der Waals surface area (Å²) in [7, 11) is 0. The van der Waals surface area contributed by atoms with E-state index in [0.717, 1.165) is 72.2 Å². The summed E-state index contributed by atoms with van der Waals surface area (Å²) in [6, 6.07) is 37.2. The summed E-state index contributed by atoms with van der Waals surface area (Å²) in [4.78, 5) is 14.3. The molecular formula is C35H22N6. The van der Waals surface area contributed by atoms with Gasteiger partial charge in [0.05, 0.1) is 50.2 Å². The van der Waals surface area contributed by atoms with Crippen molar-refractivity contribution in [2.24, 2.45) is 0 Å². The molecule has 0 amide bonds. The van der Waals surface area contributed by atoms with Crippen LogP contribution in [0.15, 0.2) is 116 Å². The molecule has 0 fully saturated rings. The number of pyridine rings is 3. The van der Waals surface area contributed by atoms with Crippen LogP contribution in [0.5, 0.6) is 0 Å². The van der Waals surface area contributed by atoms with Crippen LogP contribution < -0.4 is 0 Å². The average Bonchev–Trinajstić information content (AvgIpc) is 3.53. The molecule has 0 N–H and O–H groups in total. The smallest absolute Gasteiger partial charge is 0.104 e. The molecule has 8 rings (SSSR count). The number of aromatic nitrogens is 5. The first kappa shape index (κ1) is 23.1. The number of nitriles is 1. The number of hydrogen-bond donors (Lipinski definition) is 0. The monoisotopic (exact) mass is 526 g/mol. The first-order valence-corrected chi connectivity index (χ1v) is 13.4. The van der Waals surface area contributed by atoms with Crippen LogP contribution >= 0.6 is 0 Å². The molecule has 8 aromatic rings. The fourth-order valence-electron chi connectivity index (χ4n) is 6.02. The molecular weight excluding hydrogens is 504 g/mol. The number of nitrogens with zero attached hydrogens (tertiary/aromatic N) is 6. The van der Waals surface area contributed by atoms with Gasteiger partial charge in [0.15, 0.2) is 0 Å². The van der Waals surface area contributed by atoms with Crippen molar-refractivity contribution in [2.75, 3.05) is 0 Å². The van der Waals surface area contributed by atoms with E-state index >= 15 is 0 Å². The zero-order chi connectivity index (χ0) is 27.5. The molecule has 0 saturated heterocycles. The van der Waals surface area contributed by atoms with Gasteiger partial charge < -0.3 is 9.13 Å². The van der Waals surface area contributed by atoms with Crippen molar-refractivity contribution in [1.29, 1.82) is 5.26 Å². The van der Waals surface area contributed by atoms with Crippen molar-refractivity contribution in [3.8, 4) is 28.7 Å². The number of aryl methyl sites for hydroxylation is 1. The molecule has 5 aromatic heterocycles. The first-order chi connectivity index (χ1) is 20.2. The fourth-order valence-corrected chi connectivity index (χ4v) is 6.02. The third-order valence-corrected chi connectivity index (χ3v) is 7.73. The molecule has 0 aliphatic heterocycles. The third-order valence-electron chi connectivity index (χ3n) is 7.73. The highest BCUT2D eigenvalue weighted by Crippen LogP contribution is 2.39. The topological polar surface area (TPSA) is 72.3 Å². The highest BCUT2D eigenvalue weighted by Gasteiger charge is 2.22. The van der Waals surface area contributed by atoms with Crippen molar-refractivity contribution < 1.29 is 0 Å². The molecule has 192 valence electrons. The molecule has 0 spiro atoms. The Labute approximate surface area is 235 Å². The van der Waals surface area contributed by atoms with Crippen molar-refractivity contribution in [2.45, 2.75) is 6.92 Å². The van der Waals surface area contributed by atoms with Gasteiger partial charge in [-0.15, -0.1) is 0 Å². The lowest BCUT2D eigenvalue weighted by molar-refractivity contribution is 1.11. The van der Waals surface area contributed by atoms with Crippen molar-refractivity contribution in [3.63, 3.8) is 0 Å². The molecule has 0 radical (unpaired) electrons. The molecule has 6 nitrogen and oxygen atoms in total. The van der Waals surface area contributed by atoms with Crippen LogP contribution in [0.25, 0.3) is 66.5 Å². The van der Waals surface area contributed by atoms with Gasteiger partial charge in [0, 0.05) is 34.4 Å². The zero-order valence-electron chi connectivity index (χ0n) is 22.2. The molecule has 6 heteroatoms. The van der Waals surface area contributed by atoms with Gasteiger partial charge >= 0.3 is 0 Å². The molecule has 3 aromatic carbocycles. The Morgan fingerprint density at radius 1 is 0.610 bits per heavy atom. The molecule has 5 heterocycles. The maximum atomic E-state index is 10.9. The number of fused-ring (bicyclic) bond motifs is 6. The lowest BCUT2D eigenvalue weighted by Crippen LogP contribution is -2.05. The summed E-state index contributed by atoms with van der Waals surface area (Å²) in [5.41, 5.74) is 10.4. The van der Waals surface area contributed by atoms with Gasteiger partial charge in [-0.25, -0.2) is 0 Å². The van der Waals surface area contributed by atoms with Crippen LogP contribution in [-0.2, 0) is 0 Å². The Hall–Kier alpha value is -5.80. The van der Waals surface area contributed by atoms with Gasteiger partial charge in [0.2, 0.25) is 0 Å². The van der Waals surface area contributed by atoms with E-state index in [2.05, 4.69) is 63.7 Å². The highest BCUT2D eigenvalue weighted by molar-refractivity contribution is 6.09. The Balaban J connectivity index is 1.57. The van der Waals surface area contributed by atoms with Crippen LogP contribution in [0.2, 0.25) is 0 Å². The first-order valence-electron chi connectivity index (χ1n) is 13.4. The molecule has 41 heavy (non-hydrogen) atoms. The average molecular weight is 527 g/mol. The lowest BCUT2D eigenvalue weighted by atomic mass is 10.0. The van der Waals surface area contributed by atoms with E-state index in [4.69, 9.17) is 15.0 Å². The second-order valence-corrected chi connectivity index (χ2v) is 10.1. The van der Waals surface area contributed by atoms with E-state index in [1.165, 1.54) is 0 Å². The molecule has 0 saturated carbocycles. The van der Waals surface area contributed by atoms with E-state index in [1.54, 1.807) is 0 Å². The van der Waals surface area contributed by atoms with Crippen LogP contribution in [0.4, 0.5) is 0 Å². The van der Waals surface area contributed by atoms with Gasteiger partial charge in [0.1, 0.15) is 11.6 Å². The van der Waals surface area contributed by atoms with Gasteiger partial charge in [-0.05, 0) is 67.6 Å². The van der Waals surface area contributed by atoms with Crippen molar-refractivity contribution in [3.05, 3.63) is 127 Å². The Morgan fingerprint density at radius 2 is 1.15 bits per heavy atom. The van der Waals surface area contributed by atoms with Gasteiger partial charge in [-0.3, -0.25) is 15.0 Å². The Bertz CT molecular complexity index is 2110. The Morgan fingerprint density at radius 3 is 1.68 bits per heavy atom. The second kappa shape index (κ2) is 8.87. The molecule has 0 bridgehead atoms. The summed E-state index contributed by atoms with van der Waals surface area (Å²) >= 11 is 0. The van der Waals surface area contributed by atoms with Crippen molar-refractivity contribution >= 4 is 43.9 Å². The third kappa shape index (κ3) is 3.39. The highest BCUT2D eigenvalue weighted by atomic mass is 15.0. The molecule has 0 aliphatic carbocycles. The van der Waals surface area contributed by atoms with Gasteiger partial charge in [-0.2, -0.15) is 5.26 Å². The normalized spacial score (nSPS) is 11.5. The van der Waals surface area contributed by atoms with Crippen molar-refractivity contribution in [1.82, 2.24) is 24.1 Å². The quantitative estimate of drug-likeness (QED) is 0.234. The summed E-state index contributed by atoms with van der Waals surface area (Å²) in [5.74, 6) is 0. The summed E-state index contributed by atoms with van der Waals surface area (Å²) in [6.45, 7) is 1.99. The maximum Gasteiger partial charge on any atom is 0.104 e. The minimum absolute atomic E-state index is 0.555. The van der Waals surface area contributed by atoms with Gasteiger partial charge in [0.25, 0.3) is 0 Å². The Kier molecular flexibility index (Phi) is 5.00. The van der Waals surface area contributed by atoms with Crippen LogP contribution in [0.3, 0.4) is 0 Å². The predicted octanol–water partition coefficient (Wildman–Crippen LogP) is 7.91. The largest absolute Gasteiger partial charge is 0.306 e. The SMILES string of the molecule is Cc1cccc(-c2cc(-n3c4ccccc4c4ncccc43)c(C#N)c(-n3c4ccccc4c4ncccc43)c2)n1. The minimum atomic E-state index is 0.555. The van der Waals surface area contributed by atoms with Crippen LogP contribution in [0, 0.1) is 18.3 Å². The fraction of sp³-hybridized carbons (Fsp3) is 0.0286. The second-order valence-electron chi connectivity index (χ2n) is 10.1. The minimum Gasteiger partial charge on any atom is -0.306 e. The van der Waals surface area contributed by atoms with Crippen LogP contribution in [0.1, 0.15) is 11.3 Å². The summed E-state index contributed by atoms with van der Waals surface area (Å²) in [6.07, 6.45) is 3.63. The zero-order valence-corrected chi connectivity index (χ0v) is 22.2. The molecule has 0 unspecified atom stereocenters. The number of rotatable bonds is 3. The number of hydrogen-bond acceptors (Lipinski definition) is 4. The maximum absolute atomic E-state index is 10.9. The predicted molar refractivity (Wildman–Crippen MR) is 163 cm³/mol. The lowest BCUT2D eigenvalue weighted by Gasteiger charge is -2.18. The van der Waals surface area contributed by atoms with E-state index in [9.17, 15) is 5.26 Å². The molecule has 0 aliphatic rings. The van der Waals surface area contributed by atoms with E-state index in [0.29, 0.717) is 5.56 Å². The number of para-hydroxylation sites is 2. The van der Waals surface area contributed by atoms with Gasteiger partial charge in [-0.1, -0.05) is 42.5 Å². The van der Waals surface area contributed by atoms with E-state index in [-0.39, 0.29) is 0 Å². The van der Waals surface area contributed by atoms with E-state index in [1.807, 2.05) is 73.9 Å². The number of benzene rings is 3. The standard InChI is InChI=1S/C35H22N6/c1-22-9-6-12-27(39-22)23-19-32(40-28-13-4-2-10-24(28)34-30(40)15-7-17-37-34)26(21-36)33(20-23)41-29-14-5-3-11-25(29)35-31(41)16-8-18-38-35/h2-20H,1H3. The van der Waals surface area contributed by atoms with Crippen LogP contribution in [-0.4, -0.2) is 24.1 Å². The van der Waals surface area contributed by atoms with E-state index < -0.39 is 0 Å². The summed E-state index contributed by atoms with van der Waals surface area (Å²) in [5, 5.41) is 12.9. The molecule has 0 atom stereocenters. The summed E-state index contributed by atoms with van der Waals surface area (Å²) < 4.78 is 4.32.